The summed E-state index contributed by atoms with van der Waals surface area (Å²) < 4.78 is 4.74. The summed E-state index contributed by atoms with van der Waals surface area (Å²) in [5.74, 6) is 2.85. The standard InChI is InChI=1S/C10H11NO5/c1-2-15-10(14)7-5-3-4-6(9(12)13)8(7)16-11/h3-5H,2,11H2,1H3,(H,12,13). The lowest BCUT2D eigenvalue weighted by Gasteiger charge is -2.09. The molecule has 86 valence electrons. The fourth-order valence-electron chi connectivity index (χ4n) is 1.20. The Morgan fingerprint density at radius 1 is 1.38 bits per heavy atom. The molecule has 0 aliphatic rings. The van der Waals surface area contributed by atoms with E-state index in [9.17, 15) is 9.59 Å². The highest BCUT2D eigenvalue weighted by Gasteiger charge is 2.20. The number of para-hydroxylation sites is 1. The SMILES string of the molecule is CCOC(=O)c1cccc(C(=O)O)c1ON. The topological polar surface area (TPSA) is 98.9 Å². The molecule has 0 aliphatic heterocycles. The van der Waals surface area contributed by atoms with Gasteiger partial charge in [-0.2, -0.15) is 5.90 Å². The number of benzene rings is 1. The average Bonchev–Trinajstić information content (AvgIpc) is 2.28. The third-order valence-corrected chi connectivity index (χ3v) is 1.86. The van der Waals surface area contributed by atoms with E-state index in [0.717, 1.165) is 0 Å². The molecule has 0 spiro atoms. The number of carboxylic acids is 1. The summed E-state index contributed by atoms with van der Waals surface area (Å²) >= 11 is 0. The molecule has 0 atom stereocenters. The van der Waals surface area contributed by atoms with E-state index in [4.69, 9.17) is 15.7 Å². The summed E-state index contributed by atoms with van der Waals surface area (Å²) in [6.45, 7) is 1.82. The minimum Gasteiger partial charge on any atom is -0.478 e. The van der Waals surface area contributed by atoms with E-state index in [1.165, 1.54) is 18.2 Å². The van der Waals surface area contributed by atoms with Crippen LogP contribution in [0, 0.1) is 0 Å². The van der Waals surface area contributed by atoms with Crippen LogP contribution < -0.4 is 10.7 Å². The summed E-state index contributed by atoms with van der Waals surface area (Å²) in [5, 5.41) is 8.85. The Morgan fingerprint density at radius 2 is 2.00 bits per heavy atom. The van der Waals surface area contributed by atoms with E-state index in [1.54, 1.807) is 6.92 Å². The number of nitrogens with two attached hydrogens (primary N) is 1. The average molecular weight is 225 g/mol. The van der Waals surface area contributed by atoms with E-state index in [-0.39, 0.29) is 23.5 Å². The van der Waals surface area contributed by atoms with Gasteiger partial charge in [0, 0.05) is 0 Å². The Labute approximate surface area is 91.5 Å². The first-order valence-corrected chi connectivity index (χ1v) is 4.52. The van der Waals surface area contributed by atoms with Gasteiger partial charge in [-0.1, -0.05) is 6.07 Å². The summed E-state index contributed by atoms with van der Waals surface area (Å²) in [6, 6.07) is 4.08. The van der Waals surface area contributed by atoms with Crippen LogP contribution in [0.15, 0.2) is 18.2 Å². The minimum absolute atomic E-state index is 0.00995. The zero-order valence-electron chi connectivity index (χ0n) is 8.60. The largest absolute Gasteiger partial charge is 0.478 e. The Hall–Kier alpha value is -2.08. The molecule has 0 saturated carbocycles. The normalized spacial score (nSPS) is 9.62. The molecular weight excluding hydrogens is 214 g/mol. The van der Waals surface area contributed by atoms with Gasteiger partial charge in [0.2, 0.25) is 0 Å². The molecule has 0 bridgehead atoms. The molecule has 0 aliphatic carbocycles. The fourth-order valence-corrected chi connectivity index (χ4v) is 1.20. The number of carbonyl (C=O) groups excluding carboxylic acids is 1. The molecular formula is C10H11NO5. The number of carboxylic acid groups (broad SMARTS) is 1. The van der Waals surface area contributed by atoms with Gasteiger partial charge in [0.05, 0.1) is 6.61 Å². The second kappa shape index (κ2) is 5.13. The third kappa shape index (κ3) is 2.29. The van der Waals surface area contributed by atoms with Crippen LogP contribution >= 0.6 is 0 Å². The Morgan fingerprint density at radius 3 is 2.50 bits per heavy atom. The molecule has 0 saturated heterocycles. The van der Waals surface area contributed by atoms with E-state index < -0.39 is 11.9 Å². The van der Waals surface area contributed by atoms with Crippen molar-refractivity contribution in [2.75, 3.05) is 6.61 Å². The maximum Gasteiger partial charge on any atom is 0.342 e. The van der Waals surface area contributed by atoms with Crippen molar-refractivity contribution in [2.24, 2.45) is 5.90 Å². The van der Waals surface area contributed by atoms with Crippen molar-refractivity contribution >= 4 is 11.9 Å². The van der Waals surface area contributed by atoms with Crippen LogP contribution in [0.5, 0.6) is 5.75 Å². The molecule has 1 aromatic carbocycles. The van der Waals surface area contributed by atoms with E-state index in [0.29, 0.717) is 0 Å². The van der Waals surface area contributed by atoms with Crippen molar-refractivity contribution in [3.8, 4) is 5.75 Å². The highest BCUT2D eigenvalue weighted by atomic mass is 16.6. The zero-order chi connectivity index (χ0) is 12.1. The van der Waals surface area contributed by atoms with E-state index in [1.807, 2.05) is 0 Å². The number of rotatable bonds is 4. The highest BCUT2D eigenvalue weighted by molar-refractivity contribution is 5.99. The second-order valence-electron chi connectivity index (χ2n) is 2.83. The van der Waals surface area contributed by atoms with Gasteiger partial charge in [-0.15, -0.1) is 0 Å². The van der Waals surface area contributed by atoms with Gasteiger partial charge in [0.25, 0.3) is 0 Å². The van der Waals surface area contributed by atoms with Gasteiger partial charge < -0.3 is 14.7 Å². The molecule has 0 aromatic heterocycles. The van der Waals surface area contributed by atoms with Crippen molar-refractivity contribution < 1.29 is 24.3 Å². The van der Waals surface area contributed by atoms with Crippen LogP contribution in [0.1, 0.15) is 27.6 Å². The lowest BCUT2D eigenvalue weighted by atomic mass is 10.1. The van der Waals surface area contributed by atoms with Gasteiger partial charge in [0.15, 0.2) is 5.75 Å². The minimum atomic E-state index is -1.23. The first-order chi connectivity index (χ1) is 7.61. The third-order valence-electron chi connectivity index (χ3n) is 1.86. The second-order valence-corrected chi connectivity index (χ2v) is 2.83. The highest BCUT2D eigenvalue weighted by Crippen LogP contribution is 2.23. The number of hydrogen-bond donors (Lipinski definition) is 2. The zero-order valence-corrected chi connectivity index (χ0v) is 8.60. The number of aromatic carboxylic acids is 1. The molecule has 0 amide bonds. The Bertz CT molecular complexity index is 416. The molecule has 3 N–H and O–H groups in total. The summed E-state index contributed by atoms with van der Waals surface area (Å²) in [7, 11) is 0. The van der Waals surface area contributed by atoms with Crippen molar-refractivity contribution in [1.82, 2.24) is 0 Å². The predicted molar refractivity (Wildman–Crippen MR) is 54.2 cm³/mol. The monoisotopic (exact) mass is 225 g/mol. The summed E-state index contributed by atoms with van der Waals surface area (Å²) in [5.41, 5.74) is -0.197. The van der Waals surface area contributed by atoms with Gasteiger partial charge in [0.1, 0.15) is 11.1 Å². The molecule has 6 nitrogen and oxygen atoms in total. The smallest absolute Gasteiger partial charge is 0.342 e. The lowest BCUT2D eigenvalue weighted by Crippen LogP contribution is -2.14. The molecule has 0 heterocycles. The first-order valence-electron chi connectivity index (χ1n) is 4.52. The molecule has 1 rings (SSSR count). The number of ether oxygens (including phenoxy) is 1. The molecule has 0 fully saturated rings. The first kappa shape index (κ1) is 12.0. The van der Waals surface area contributed by atoms with Gasteiger partial charge in [-0.25, -0.2) is 9.59 Å². The van der Waals surface area contributed by atoms with Crippen LogP contribution in [0.3, 0.4) is 0 Å². The van der Waals surface area contributed by atoms with E-state index >= 15 is 0 Å². The van der Waals surface area contributed by atoms with Crippen LogP contribution in [0.4, 0.5) is 0 Å². The van der Waals surface area contributed by atoms with Crippen LogP contribution in [-0.4, -0.2) is 23.7 Å². The van der Waals surface area contributed by atoms with Crippen molar-refractivity contribution in [1.29, 1.82) is 0 Å². The quantitative estimate of drug-likeness (QED) is 0.581. The summed E-state index contributed by atoms with van der Waals surface area (Å²) in [6.07, 6.45) is 0. The molecule has 0 radical (unpaired) electrons. The van der Waals surface area contributed by atoms with Crippen molar-refractivity contribution in [3.63, 3.8) is 0 Å². The molecule has 0 unspecified atom stereocenters. The maximum absolute atomic E-state index is 11.4. The number of carbonyl (C=O) groups is 2. The van der Waals surface area contributed by atoms with Crippen molar-refractivity contribution in [3.05, 3.63) is 29.3 Å². The maximum atomic E-state index is 11.4. The van der Waals surface area contributed by atoms with Crippen LogP contribution in [0.2, 0.25) is 0 Å². The predicted octanol–water partition coefficient (Wildman–Crippen LogP) is 0.814. The van der Waals surface area contributed by atoms with Crippen molar-refractivity contribution in [2.45, 2.75) is 6.92 Å². The molecule has 1 aromatic rings. The fraction of sp³-hybridized carbons (Fsp3) is 0.200. The number of hydrogen-bond acceptors (Lipinski definition) is 5. The van der Waals surface area contributed by atoms with E-state index in [2.05, 4.69) is 4.84 Å². The van der Waals surface area contributed by atoms with Crippen LogP contribution in [0.25, 0.3) is 0 Å². The van der Waals surface area contributed by atoms with Gasteiger partial charge in [-0.05, 0) is 19.1 Å². The molecule has 16 heavy (non-hydrogen) atoms. The molecule has 6 heteroatoms. The lowest BCUT2D eigenvalue weighted by molar-refractivity contribution is 0.0521. The van der Waals surface area contributed by atoms with Gasteiger partial charge >= 0.3 is 11.9 Å². The van der Waals surface area contributed by atoms with Crippen LogP contribution in [-0.2, 0) is 4.74 Å². The number of esters is 1. The Kier molecular flexibility index (Phi) is 3.84. The summed E-state index contributed by atoms with van der Waals surface area (Å²) in [4.78, 5) is 26.7. The Balaban J connectivity index is 3.24. The van der Waals surface area contributed by atoms with Gasteiger partial charge in [-0.3, -0.25) is 0 Å².